The number of pyridine rings is 1. The minimum absolute atomic E-state index is 0.0647. The Labute approximate surface area is 334 Å². The molecule has 12 heteroatoms. The van der Waals surface area contributed by atoms with Crippen LogP contribution in [0.4, 0.5) is 10.5 Å². The Hall–Kier alpha value is -4.68. The highest BCUT2D eigenvalue weighted by Crippen LogP contribution is 2.44. The quantitative estimate of drug-likeness (QED) is 0.0615. The molecule has 1 fully saturated rings. The van der Waals surface area contributed by atoms with Crippen molar-refractivity contribution in [2.45, 2.75) is 123 Å². The molecule has 0 unspecified atom stereocenters. The number of aromatic nitrogens is 1. The number of amides is 2. The second kappa shape index (κ2) is 17.6. The highest BCUT2D eigenvalue weighted by molar-refractivity contribution is 6.77. The van der Waals surface area contributed by atoms with Gasteiger partial charge in [0.2, 0.25) is 14.3 Å². The molecule has 2 aromatic carbocycles. The van der Waals surface area contributed by atoms with E-state index in [1.807, 2.05) is 81.1 Å². The van der Waals surface area contributed by atoms with Gasteiger partial charge in [0.1, 0.15) is 23.2 Å². The Balaban J connectivity index is 1.27. The second-order valence-corrected chi connectivity index (χ2v) is 22.8. The van der Waals surface area contributed by atoms with Crippen LogP contribution >= 0.6 is 0 Å². The largest absolute Gasteiger partial charge is 0.484 e. The zero-order valence-electron chi connectivity index (χ0n) is 35.0. The molecule has 3 atom stereocenters. The molecule has 0 spiro atoms. The molecule has 1 aliphatic carbocycles. The average Bonchev–Trinajstić information content (AvgIpc) is 3.60. The summed E-state index contributed by atoms with van der Waals surface area (Å²) in [5, 5.41) is 35.9. The van der Waals surface area contributed by atoms with Crippen molar-refractivity contribution in [3.63, 3.8) is 0 Å². The van der Waals surface area contributed by atoms with Gasteiger partial charge in [-0.25, -0.2) is 4.79 Å². The van der Waals surface area contributed by atoms with Crippen LogP contribution in [0.25, 0.3) is 0 Å². The van der Waals surface area contributed by atoms with Crippen LogP contribution in [0.2, 0.25) is 16.6 Å². The number of rotatable bonds is 12. The minimum atomic E-state index is -2.06. The maximum absolute atomic E-state index is 13.5. The molecule has 2 amide bonds. The Morgan fingerprint density at radius 3 is 2.16 bits per heavy atom. The predicted octanol–water partition coefficient (Wildman–Crippen LogP) is 9.60. The molecule has 302 valence electrons. The van der Waals surface area contributed by atoms with Gasteiger partial charge in [0.25, 0.3) is 0 Å². The van der Waals surface area contributed by atoms with Crippen molar-refractivity contribution in [2.24, 2.45) is 5.41 Å². The summed E-state index contributed by atoms with van der Waals surface area (Å²) >= 11 is 0. The Morgan fingerprint density at radius 1 is 0.893 bits per heavy atom. The van der Waals surface area contributed by atoms with Crippen molar-refractivity contribution < 1.29 is 14.0 Å². The van der Waals surface area contributed by atoms with Crippen LogP contribution in [0.3, 0.4) is 0 Å². The molecule has 5 rings (SSSR count). The second-order valence-electron chi connectivity index (χ2n) is 17.4. The smallest absolute Gasteiger partial charge is 0.320 e. The van der Waals surface area contributed by atoms with Gasteiger partial charge in [-0.05, 0) is 78.2 Å². The van der Waals surface area contributed by atoms with Crippen LogP contribution in [0.5, 0.6) is 5.75 Å². The lowest BCUT2D eigenvalue weighted by atomic mass is 9.85. The monoisotopic (exact) mass is 780 g/mol. The van der Waals surface area contributed by atoms with Crippen molar-refractivity contribution in [1.29, 1.82) is 16.2 Å². The Morgan fingerprint density at radius 2 is 1.54 bits per heavy atom. The predicted molar refractivity (Wildman–Crippen MR) is 229 cm³/mol. The molecule has 1 aliphatic heterocycles. The molecule has 0 radical (unpaired) electrons. The first-order valence-corrected chi connectivity index (χ1v) is 22.3. The third-order valence-corrected chi connectivity index (χ3v) is 17.5. The lowest BCUT2D eigenvalue weighted by Crippen LogP contribution is -2.51. The van der Waals surface area contributed by atoms with E-state index in [1.54, 1.807) is 29.0 Å². The van der Waals surface area contributed by atoms with E-state index in [9.17, 15) is 4.79 Å². The first-order chi connectivity index (χ1) is 26.4. The zero-order valence-corrected chi connectivity index (χ0v) is 36.0. The van der Waals surface area contributed by atoms with Gasteiger partial charge >= 0.3 is 6.03 Å². The number of carbonyl (C=O) groups excluding carboxylic acids is 1. The number of aryl methyl sites for hydroxylation is 1. The first kappa shape index (κ1) is 42.5. The van der Waals surface area contributed by atoms with Crippen molar-refractivity contribution in [1.82, 2.24) is 20.1 Å². The molecule has 2 aliphatic rings. The minimum Gasteiger partial charge on any atom is -0.484 e. The number of benzene rings is 2. The average molecular weight is 781 g/mol. The van der Waals surface area contributed by atoms with E-state index >= 15 is 0 Å². The SMILES string of the molecule is Cc1ccc(N/C(=C\C(=N)C(C)(C)C)NC(=O)N[C@H]2CC[C@@H](Oc3ccc(=N)n(C(=N)N4CC[C@@H](O[Si](C(C)C)(C(C)C)C(C)C)C4)c3)c3ccccc32)cc1. The van der Waals surface area contributed by atoms with E-state index in [0.717, 1.165) is 28.8 Å². The summed E-state index contributed by atoms with van der Waals surface area (Å²) in [5.41, 5.74) is 5.56. The summed E-state index contributed by atoms with van der Waals surface area (Å²) in [4.78, 5) is 15.6. The topological polar surface area (TPSA) is 151 Å². The fourth-order valence-electron chi connectivity index (χ4n) is 8.35. The van der Waals surface area contributed by atoms with Crippen LogP contribution in [0, 0.1) is 28.6 Å². The van der Waals surface area contributed by atoms with Gasteiger partial charge in [-0.2, -0.15) is 0 Å². The molecule has 1 saturated heterocycles. The zero-order chi connectivity index (χ0) is 40.9. The molecule has 11 nitrogen and oxygen atoms in total. The van der Waals surface area contributed by atoms with E-state index in [2.05, 4.69) is 57.5 Å². The highest BCUT2D eigenvalue weighted by atomic mass is 28.4. The van der Waals surface area contributed by atoms with Gasteiger partial charge in [-0.1, -0.05) is 104 Å². The van der Waals surface area contributed by atoms with Crippen molar-refractivity contribution in [2.75, 3.05) is 18.4 Å². The van der Waals surface area contributed by atoms with Crippen LogP contribution < -0.4 is 26.2 Å². The molecule has 0 saturated carbocycles. The molecular formula is C44H64N8O3Si. The maximum atomic E-state index is 13.5. The normalized spacial score (nSPS) is 18.9. The van der Waals surface area contributed by atoms with Crippen LogP contribution in [0.15, 0.2) is 78.8 Å². The third kappa shape index (κ3) is 9.81. The van der Waals surface area contributed by atoms with Gasteiger partial charge in [0, 0.05) is 36.0 Å². The lowest BCUT2D eigenvalue weighted by molar-refractivity contribution is 0.170. The number of anilines is 1. The molecule has 0 bridgehead atoms. The van der Waals surface area contributed by atoms with E-state index in [1.165, 1.54) is 0 Å². The molecular weight excluding hydrogens is 717 g/mol. The number of carbonyl (C=O) groups is 1. The summed E-state index contributed by atoms with van der Waals surface area (Å²) in [6.07, 6.45) is 5.37. The van der Waals surface area contributed by atoms with E-state index in [4.69, 9.17) is 25.4 Å². The number of urea groups is 1. The number of likely N-dealkylation sites (tertiary alicyclic amines) is 1. The lowest BCUT2D eigenvalue weighted by Gasteiger charge is -2.44. The van der Waals surface area contributed by atoms with Gasteiger partial charge < -0.3 is 30.1 Å². The Kier molecular flexibility index (Phi) is 13.4. The van der Waals surface area contributed by atoms with Crippen LogP contribution in [-0.4, -0.2) is 54.7 Å². The standard InChI is InChI=1S/C44H64N8O3Si/c1-28(2)56(29(3)4,30(5)6)55-34-23-24-51(26-34)42(47)52-27-33(19-22-40(52)46)54-38-21-20-37(35-13-11-12-14-36(35)38)49-43(53)50-41(25-39(45)44(8,9)10)48-32-17-15-31(7)16-18-32/h11-19,22,25,27-30,34,37-38,45-48H,20-21,23-24,26H2,1-10H3,(H2,49,50,53)/b41-25+,45-39?,46-40?,47-42?/t34-,37+,38-/m1/s1. The van der Waals surface area contributed by atoms with E-state index in [-0.39, 0.29) is 35.7 Å². The first-order valence-electron chi connectivity index (χ1n) is 20.1. The maximum Gasteiger partial charge on any atom is 0.320 e. The van der Waals surface area contributed by atoms with Gasteiger partial charge in [0.05, 0.1) is 18.3 Å². The highest BCUT2D eigenvalue weighted by Gasteiger charge is 2.47. The van der Waals surface area contributed by atoms with Crippen LogP contribution in [0.1, 0.15) is 110 Å². The van der Waals surface area contributed by atoms with E-state index < -0.39 is 13.7 Å². The molecule has 1 aromatic heterocycles. The number of nitrogens with zero attached hydrogens (tertiary/aromatic N) is 2. The number of allylic oxidation sites excluding steroid dienone is 1. The number of hydrogen-bond acceptors (Lipinski definition) is 7. The number of hydrogen-bond donors (Lipinski definition) is 6. The van der Waals surface area contributed by atoms with Gasteiger partial charge in [0.15, 0.2) is 0 Å². The summed E-state index contributed by atoms with van der Waals surface area (Å²) in [6, 6.07) is 18.7. The van der Waals surface area contributed by atoms with Crippen molar-refractivity contribution in [3.05, 3.63) is 101 Å². The van der Waals surface area contributed by atoms with Crippen molar-refractivity contribution in [3.8, 4) is 5.75 Å². The molecule has 3 aromatic rings. The molecule has 2 heterocycles. The van der Waals surface area contributed by atoms with Crippen LogP contribution in [-0.2, 0) is 4.43 Å². The molecule has 56 heavy (non-hydrogen) atoms. The van der Waals surface area contributed by atoms with Gasteiger partial charge in [-0.15, -0.1) is 0 Å². The van der Waals surface area contributed by atoms with E-state index in [0.29, 0.717) is 59.8 Å². The number of fused-ring (bicyclic) bond motifs is 1. The summed E-state index contributed by atoms with van der Waals surface area (Å²) in [5.74, 6) is 1.24. The number of nitrogens with one attached hydrogen (secondary N) is 6. The number of ether oxygens (including phenoxy) is 1. The van der Waals surface area contributed by atoms with Gasteiger partial charge in [-0.3, -0.25) is 20.7 Å². The summed E-state index contributed by atoms with van der Waals surface area (Å²) < 4.78 is 15.3. The summed E-state index contributed by atoms with van der Waals surface area (Å²) in [6.45, 7) is 23.1. The van der Waals surface area contributed by atoms with Crippen molar-refractivity contribution >= 4 is 31.7 Å². The Bertz CT molecular complexity index is 1940. The fourth-order valence-corrected chi connectivity index (χ4v) is 13.9. The fraction of sp³-hybridized carbons (Fsp3) is 0.500. The third-order valence-electron chi connectivity index (χ3n) is 11.4. The summed E-state index contributed by atoms with van der Waals surface area (Å²) in [7, 11) is -2.06. The molecule has 6 N–H and O–H groups in total.